The fourth-order valence-electron chi connectivity index (χ4n) is 2.66. The molecule has 0 aliphatic rings. The molecule has 152 valence electrons. The maximum atomic E-state index is 12.7. The summed E-state index contributed by atoms with van der Waals surface area (Å²) < 4.78 is 0. The third-order valence-electron chi connectivity index (χ3n) is 4.00. The van der Waals surface area contributed by atoms with Gasteiger partial charge in [0.25, 0.3) is 0 Å². The molecule has 0 saturated heterocycles. The van der Waals surface area contributed by atoms with E-state index in [4.69, 9.17) is 27.4 Å². The molecule has 0 aromatic heterocycles. The van der Waals surface area contributed by atoms with Crippen molar-refractivity contribution in [3.05, 3.63) is 35.4 Å². The van der Waals surface area contributed by atoms with Gasteiger partial charge in [-0.05, 0) is 5.56 Å². The predicted octanol–water partition coefficient (Wildman–Crippen LogP) is -1.46. The lowest BCUT2D eigenvalue weighted by Crippen LogP contribution is -2.47. The number of carbonyl (C=O) groups is 5. The summed E-state index contributed by atoms with van der Waals surface area (Å²) in [5, 5.41) is 26.9. The number of rotatable bonds is 11. The molecule has 1 rings (SSSR count). The van der Waals surface area contributed by atoms with Crippen molar-refractivity contribution in [3.63, 3.8) is 0 Å². The first kappa shape index (κ1) is 22.9. The van der Waals surface area contributed by atoms with E-state index in [0.29, 0.717) is 0 Å². The number of hydrogen-bond acceptors (Lipinski definition) is 8. The Kier molecular flexibility index (Phi) is 7.92. The second-order valence-electron chi connectivity index (χ2n) is 6.10. The van der Waals surface area contributed by atoms with Gasteiger partial charge in [0.2, 0.25) is 0 Å². The Bertz CT molecular complexity index is 794. The monoisotopic (exact) mass is 395 g/mol. The Hall–Kier alpha value is -3.15. The summed E-state index contributed by atoms with van der Waals surface area (Å²) in [6.07, 6.45) is -1.45. The lowest BCUT2D eigenvalue weighted by Gasteiger charge is -2.25. The molecule has 1 aromatic rings. The average molecular weight is 395 g/mol. The summed E-state index contributed by atoms with van der Waals surface area (Å²) in [6, 6.07) is 0.502. The molecule has 9 N–H and O–H groups in total. The highest BCUT2D eigenvalue weighted by molar-refractivity contribution is 6.05. The molecule has 1 aromatic carbocycles. The second kappa shape index (κ2) is 9.69. The van der Waals surface area contributed by atoms with Crippen LogP contribution >= 0.6 is 0 Å². The van der Waals surface area contributed by atoms with Crippen LogP contribution in [0.2, 0.25) is 0 Å². The Morgan fingerprint density at radius 1 is 0.821 bits per heavy atom. The largest absolute Gasteiger partial charge is 0.481 e. The molecule has 0 aliphatic heterocycles. The number of nitrogens with two attached hydrogens (primary N) is 3. The summed E-state index contributed by atoms with van der Waals surface area (Å²) in [5.74, 6) is -7.72. The third-order valence-corrected chi connectivity index (χ3v) is 4.00. The first-order valence-corrected chi connectivity index (χ1v) is 8.07. The van der Waals surface area contributed by atoms with Gasteiger partial charge < -0.3 is 32.5 Å². The molecular weight excluding hydrogens is 374 g/mol. The van der Waals surface area contributed by atoms with Crippen LogP contribution in [0.25, 0.3) is 0 Å². The third kappa shape index (κ3) is 5.67. The van der Waals surface area contributed by atoms with E-state index >= 15 is 0 Å². The molecule has 0 spiro atoms. The van der Waals surface area contributed by atoms with Crippen molar-refractivity contribution in [1.29, 1.82) is 0 Å². The van der Waals surface area contributed by atoms with Gasteiger partial charge >= 0.3 is 17.9 Å². The van der Waals surface area contributed by atoms with Crippen molar-refractivity contribution >= 4 is 29.5 Å². The summed E-state index contributed by atoms with van der Waals surface area (Å²) in [4.78, 5) is 58.3. The maximum Gasteiger partial charge on any atom is 0.321 e. The lowest BCUT2D eigenvalue weighted by molar-refractivity contribution is -0.142. The van der Waals surface area contributed by atoms with Crippen LogP contribution in [0.3, 0.4) is 0 Å². The summed E-state index contributed by atoms with van der Waals surface area (Å²) in [7, 11) is 0. The first-order valence-electron chi connectivity index (χ1n) is 8.07. The number of ketones is 2. The number of benzene rings is 1. The number of carboxylic acids is 3. The van der Waals surface area contributed by atoms with Gasteiger partial charge in [-0.2, -0.15) is 0 Å². The van der Waals surface area contributed by atoms with Crippen molar-refractivity contribution in [3.8, 4) is 0 Å². The Morgan fingerprint density at radius 2 is 1.32 bits per heavy atom. The van der Waals surface area contributed by atoms with Gasteiger partial charge in [-0.1, -0.05) is 24.3 Å². The molecule has 4 unspecified atom stereocenters. The molecule has 0 amide bonds. The molecule has 0 bridgehead atoms. The van der Waals surface area contributed by atoms with Crippen LogP contribution in [0.5, 0.6) is 0 Å². The molecule has 0 heterocycles. The van der Waals surface area contributed by atoms with Crippen LogP contribution in [-0.4, -0.2) is 62.9 Å². The zero-order chi connectivity index (χ0) is 21.6. The van der Waals surface area contributed by atoms with Crippen molar-refractivity contribution in [2.45, 2.75) is 36.9 Å². The minimum absolute atomic E-state index is 0.117. The SMILES string of the molecule is NC(CC(=O)O)C(=O)c1ccccc1C(C(=O)C(N)CC(=O)O)C(N)C(=O)O. The van der Waals surface area contributed by atoms with Gasteiger partial charge in [-0.3, -0.25) is 24.0 Å². The van der Waals surface area contributed by atoms with E-state index in [1.807, 2.05) is 0 Å². The number of carbonyl (C=O) groups excluding carboxylic acids is 2. The zero-order valence-corrected chi connectivity index (χ0v) is 14.6. The lowest BCUT2D eigenvalue weighted by atomic mass is 9.80. The fraction of sp³-hybridized carbons (Fsp3) is 0.353. The number of hydrogen-bond donors (Lipinski definition) is 6. The van der Waals surface area contributed by atoms with Crippen molar-refractivity contribution in [1.82, 2.24) is 0 Å². The van der Waals surface area contributed by atoms with Crippen LogP contribution in [-0.2, 0) is 19.2 Å². The van der Waals surface area contributed by atoms with E-state index in [1.54, 1.807) is 0 Å². The molecule has 0 saturated carbocycles. The Balaban J connectivity index is 3.44. The standard InChI is InChI=1S/C17H21N3O8/c18-9(5-11(21)22)15(25)8-4-2-1-3-7(8)13(14(20)17(27)28)16(26)10(19)6-12(23)24/h1-4,9-10,13-14H,5-6,18-20H2,(H,21,22)(H,23,24)(H,27,28). The molecule has 11 heteroatoms. The number of carboxylic acid groups (broad SMARTS) is 3. The zero-order valence-electron chi connectivity index (χ0n) is 14.6. The maximum absolute atomic E-state index is 12.7. The smallest absolute Gasteiger partial charge is 0.321 e. The van der Waals surface area contributed by atoms with Crippen LogP contribution < -0.4 is 17.2 Å². The van der Waals surface area contributed by atoms with E-state index in [-0.39, 0.29) is 11.1 Å². The van der Waals surface area contributed by atoms with E-state index < -0.39 is 66.4 Å². The van der Waals surface area contributed by atoms with E-state index in [9.17, 15) is 29.1 Å². The predicted molar refractivity (Wildman–Crippen MR) is 94.6 cm³/mol. The highest BCUT2D eigenvalue weighted by Crippen LogP contribution is 2.27. The average Bonchev–Trinajstić information content (AvgIpc) is 2.60. The molecule has 28 heavy (non-hydrogen) atoms. The van der Waals surface area contributed by atoms with Gasteiger partial charge in [-0.15, -0.1) is 0 Å². The molecular formula is C17H21N3O8. The van der Waals surface area contributed by atoms with E-state index in [0.717, 1.165) is 0 Å². The molecule has 11 nitrogen and oxygen atoms in total. The number of aliphatic carboxylic acids is 3. The van der Waals surface area contributed by atoms with E-state index in [1.165, 1.54) is 24.3 Å². The minimum Gasteiger partial charge on any atom is -0.481 e. The van der Waals surface area contributed by atoms with Crippen molar-refractivity contribution < 1.29 is 39.3 Å². The van der Waals surface area contributed by atoms with E-state index in [2.05, 4.69) is 0 Å². The fourth-order valence-corrected chi connectivity index (χ4v) is 2.66. The Morgan fingerprint density at radius 3 is 1.82 bits per heavy atom. The topological polar surface area (TPSA) is 224 Å². The quantitative estimate of drug-likeness (QED) is 0.237. The van der Waals surface area contributed by atoms with Gasteiger partial charge in [0.1, 0.15) is 6.04 Å². The van der Waals surface area contributed by atoms with Crippen LogP contribution in [0, 0.1) is 0 Å². The van der Waals surface area contributed by atoms with Gasteiger partial charge in [0.05, 0.1) is 30.8 Å². The van der Waals surface area contributed by atoms with Crippen LogP contribution in [0.4, 0.5) is 0 Å². The van der Waals surface area contributed by atoms with Crippen LogP contribution in [0.15, 0.2) is 24.3 Å². The molecule has 0 radical (unpaired) electrons. The Labute approximate surface area is 159 Å². The van der Waals surface area contributed by atoms with Crippen molar-refractivity contribution in [2.75, 3.05) is 0 Å². The highest BCUT2D eigenvalue weighted by Gasteiger charge is 2.38. The van der Waals surface area contributed by atoms with Gasteiger partial charge in [-0.25, -0.2) is 0 Å². The molecule has 0 fully saturated rings. The second-order valence-corrected chi connectivity index (χ2v) is 6.10. The normalized spacial score (nSPS) is 15.1. The molecule has 4 atom stereocenters. The highest BCUT2D eigenvalue weighted by atomic mass is 16.4. The summed E-state index contributed by atoms with van der Waals surface area (Å²) in [5.41, 5.74) is 16.5. The minimum atomic E-state index is -1.82. The summed E-state index contributed by atoms with van der Waals surface area (Å²) >= 11 is 0. The van der Waals surface area contributed by atoms with Crippen molar-refractivity contribution in [2.24, 2.45) is 17.2 Å². The van der Waals surface area contributed by atoms with Crippen LogP contribution in [0.1, 0.15) is 34.7 Å². The van der Waals surface area contributed by atoms with Gasteiger partial charge in [0.15, 0.2) is 11.6 Å². The molecule has 0 aliphatic carbocycles. The number of Topliss-reactive ketones (excluding diaryl/α,β-unsaturated/α-hetero) is 2. The first-order chi connectivity index (χ1) is 13.0. The summed E-state index contributed by atoms with van der Waals surface area (Å²) in [6.45, 7) is 0. The van der Waals surface area contributed by atoms with Gasteiger partial charge in [0, 0.05) is 5.56 Å².